The van der Waals surface area contributed by atoms with E-state index in [0.717, 1.165) is 19.3 Å². The normalized spacial score (nSPS) is 12.5. The van der Waals surface area contributed by atoms with Gasteiger partial charge in [-0.05, 0) is 19.8 Å². The Kier molecular flexibility index (Phi) is 19.7. The molecule has 0 spiro atoms. The van der Waals surface area contributed by atoms with Crippen molar-refractivity contribution in [2.45, 2.75) is 130 Å². The zero-order valence-corrected chi connectivity index (χ0v) is 21.0. The Hall–Kier alpha value is -1.14. The highest BCUT2D eigenvalue weighted by atomic mass is 16.6. The third-order valence-electron chi connectivity index (χ3n) is 6.32. The maximum atomic E-state index is 12.1. The molecule has 1 atom stereocenters. The molecule has 0 aliphatic heterocycles. The maximum absolute atomic E-state index is 12.1. The predicted molar refractivity (Wildman–Crippen MR) is 128 cm³/mol. The Morgan fingerprint density at radius 2 is 1.12 bits per heavy atom. The van der Waals surface area contributed by atoms with Crippen molar-refractivity contribution in [2.75, 3.05) is 19.8 Å². The van der Waals surface area contributed by atoms with Gasteiger partial charge in [-0.1, -0.05) is 104 Å². The number of carbonyl (C=O) groups excluding carboxylic acids is 2. The molecular formula is C26H50O6. The Morgan fingerprint density at radius 3 is 1.50 bits per heavy atom. The second kappa shape index (κ2) is 20.5. The number of carbonyl (C=O) groups is 2. The Labute approximate surface area is 196 Å². The van der Waals surface area contributed by atoms with Crippen LogP contribution in [0.2, 0.25) is 0 Å². The van der Waals surface area contributed by atoms with Crippen molar-refractivity contribution >= 4 is 11.9 Å². The molecule has 0 aromatic carbocycles. The molecule has 0 aliphatic rings. The number of hydrogen-bond donors (Lipinski definition) is 2. The highest BCUT2D eigenvalue weighted by Crippen LogP contribution is 2.23. The summed E-state index contributed by atoms with van der Waals surface area (Å²) < 4.78 is 10.3. The predicted octanol–water partition coefficient (Wildman–Crippen LogP) is 5.71. The third-order valence-corrected chi connectivity index (χ3v) is 6.32. The van der Waals surface area contributed by atoms with Crippen molar-refractivity contribution in [1.82, 2.24) is 0 Å². The first-order chi connectivity index (χ1) is 15.5. The van der Waals surface area contributed by atoms with Crippen LogP contribution in [0.15, 0.2) is 0 Å². The van der Waals surface area contributed by atoms with E-state index in [0.29, 0.717) is 6.61 Å². The van der Waals surface area contributed by atoms with Crippen LogP contribution in [0, 0.1) is 5.41 Å². The molecule has 6 nitrogen and oxygen atoms in total. The van der Waals surface area contributed by atoms with E-state index in [-0.39, 0.29) is 6.42 Å². The van der Waals surface area contributed by atoms with Crippen molar-refractivity contribution in [2.24, 2.45) is 5.41 Å². The van der Waals surface area contributed by atoms with Crippen molar-refractivity contribution < 1.29 is 29.3 Å². The van der Waals surface area contributed by atoms with Gasteiger partial charge in [-0.25, -0.2) is 4.79 Å². The van der Waals surface area contributed by atoms with Gasteiger partial charge in [0, 0.05) is 0 Å². The Bertz CT molecular complexity index is 453. The van der Waals surface area contributed by atoms with E-state index in [1.54, 1.807) is 6.92 Å². The molecule has 6 heteroatoms. The van der Waals surface area contributed by atoms with Gasteiger partial charge in [0.25, 0.3) is 0 Å². The van der Waals surface area contributed by atoms with Crippen molar-refractivity contribution in [3.63, 3.8) is 0 Å². The van der Waals surface area contributed by atoms with Crippen molar-refractivity contribution in [1.29, 1.82) is 0 Å². The van der Waals surface area contributed by atoms with Gasteiger partial charge >= 0.3 is 11.9 Å². The van der Waals surface area contributed by atoms with E-state index in [9.17, 15) is 19.8 Å². The number of unbranched alkanes of at least 4 members (excludes halogenated alkanes) is 14. The number of hydrogen-bond acceptors (Lipinski definition) is 6. The lowest BCUT2D eigenvalue weighted by Crippen LogP contribution is -2.42. The highest BCUT2D eigenvalue weighted by Gasteiger charge is 2.39. The lowest BCUT2D eigenvalue weighted by molar-refractivity contribution is -0.177. The molecule has 0 amide bonds. The Morgan fingerprint density at radius 1 is 0.719 bits per heavy atom. The molecule has 0 bridgehead atoms. The van der Waals surface area contributed by atoms with Crippen LogP contribution in [-0.2, 0) is 19.1 Å². The molecule has 0 saturated heterocycles. The van der Waals surface area contributed by atoms with E-state index in [4.69, 9.17) is 9.47 Å². The van der Waals surface area contributed by atoms with Crippen LogP contribution in [0.3, 0.4) is 0 Å². The number of esters is 2. The minimum Gasteiger partial charge on any atom is -0.463 e. The molecular weight excluding hydrogens is 408 g/mol. The van der Waals surface area contributed by atoms with Crippen LogP contribution >= 0.6 is 0 Å². The summed E-state index contributed by atoms with van der Waals surface area (Å²) in [5.41, 5.74) is -1.37. The molecule has 0 saturated carbocycles. The summed E-state index contributed by atoms with van der Waals surface area (Å²) in [6.07, 6.45) is 18.3. The van der Waals surface area contributed by atoms with Crippen LogP contribution in [-0.4, -0.2) is 48.1 Å². The van der Waals surface area contributed by atoms with E-state index >= 15 is 0 Å². The van der Waals surface area contributed by atoms with Crippen LogP contribution < -0.4 is 0 Å². The number of aliphatic hydroxyl groups is 2. The summed E-state index contributed by atoms with van der Waals surface area (Å²) in [5.74, 6) is -1.37. The average Bonchev–Trinajstić information content (AvgIpc) is 2.80. The van der Waals surface area contributed by atoms with Gasteiger partial charge in [-0.3, -0.25) is 4.79 Å². The number of aliphatic hydroxyl groups excluding tert-OH is 2. The molecule has 0 aromatic heterocycles. The zero-order valence-electron chi connectivity index (χ0n) is 21.0. The lowest BCUT2D eigenvalue weighted by atomic mass is 9.87. The van der Waals surface area contributed by atoms with Gasteiger partial charge < -0.3 is 19.7 Å². The van der Waals surface area contributed by atoms with Gasteiger partial charge in [0.2, 0.25) is 0 Å². The molecule has 0 rings (SSSR count). The molecule has 190 valence electrons. The minimum atomic E-state index is -1.37. The first-order valence-electron chi connectivity index (χ1n) is 13.1. The number of rotatable bonds is 22. The van der Waals surface area contributed by atoms with Gasteiger partial charge in [0.05, 0.1) is 19.8 Å². The van der Waals surface area contributed by atoms with Gasteiger partial charge in [0.1, 0.15) is 5.41 Å². The van der Waals surface area contributed by atoms with Crippen molar-refractivity contribution in [3.8, 4) is 0 Å². The molecule has 0 radical (unpaired) electrons. The van der Waals surface area contributed by atoms with E-state index in [2.05, 4.69) is 6.92 Å². The molecule has 0 aromatic rings. The molecule has 1 unspecified atom stereocenters. The summed E-state index contributed by atoms with van der Waals surface area (Å²) in [5, 5.41) is 18.8. The monoisotopic (exact) mass is 458 g/mol. The van der Waals surface area contributed by atoms with Crippen LogP contribution in [0.4, 0.5) is 0 Å². The fraction of sp³-hybridized carbons (Fsp3) is 0.923. The molecule has 0 aliphatic carbocycles. The lowest BCUT2D eigenvalue weighted by Gasteiger charge is -2.27. The zero-order chi connectivity index (χ0) is 24.1. The highest BCUT2D eigenvalue weighted by molar-refractivity contribution is 5.82. The maximum Gasteiger partial charge on any atom is 0.347 e. The van der Waals surface area contributed by atoms with E-state index < -0.39 is 36.7 Å². The number of ether oxygens (including phenoxy) is 2. The quantitative estimate of drug-likeness (QED) is 0.159. The van der Waals surface area contributed by atoms with Crippen molar-refractivity contribution in [3.05, 3.63) is 0 Å². The average molecular weight is 459 g/mol. The molecule has 32 heavy (non-hydrogen) atoms. The van der Waals surface area contributed by atoms with Gasteiger partial charge in [-0.15, -0.1) is 0 Å². The van der Waals surface area contributed by atoms with Gasteiger partial charge in [0.15, 0.2) is 6.10 Å². The molecule has 0 fully saturated rings. The smallest absolute Gasteiger partial charge is 0.347 e. The summed E-state index contributed by atoms with van der Waals surface area (Å²) in [7, 11) is 0. The van der Waals surface area contributed by atoms with E-state index in [1.807, 2.05) is 0 Å². The fourth-order valence-corrected chi connectivity index (χ4v) is 3.64. The SMILES string of the molecule is CCCCCCCCCCCCCCCCCOC(=O)C(C)OC(=O)C(CC)(CO)CO. The summed E-state index contributed by atoms with van der Waals surface area (Å²) in [6.45, 7) is 4.64. The van der Waals surface area contributed by atoms with E-state index in [1.165, 1.54) is 84.0 Å². The van der Waals surface area contributed by atoms with Crippen LogP contribution in [0.25, 0.3) is 0 Å². The topological polar surface area (TPSA) is 93.1 Å². The molecule has 0 heterocycles. The first-order valence-corrected chi connectivity index (χ1v) is 13.1. The summed E-state index contributed by atoms with van der Waals surface area (Å²) >= 11 is 0. The minimum absolute atomic E-state index is 0.222. The van der Waals surface area contributed by atoms with Crippen LogP contribution in [0.1, 0.15) is 124 Å². The second-order valence-electron chi connectivity index (χ2n) is 9.11. The fourth-order valence-electron chi connectivity index (χ4n) is 3.64. The first kappa shape index (κ1) is 30.9. The molecule has 2 N–H and O–H groups in total. The standard InChI is InChI=1S/C26H50O6/c1-4-6-7-8-9-10-11-12-13-14-15-16-17-18-19-20-31-24(29)23(3)32-25(30)26(5-2,21-27)22-28/h23,27-28H,4-22H2,1-3H3. The second-order valence-corrected chi connectivity index (χ2v) is 9.11. The van der Waals surface area contributed by atoms with Crippen LogP contribution in [0.5, 0.6) is 0 Å². The summed E-state index contributed by atoms with van der Waals surface area (Å²) in [6, 6.07) is 0. The summed E-state index contributed by atoms with van der Waals surface area (Å²) in [4.78, 5) is 24.1. The largest absolute Gasteiger partial charge is 0.463 e. The van der Waals surface area contributed by atoms with Gasteiger partial charge in [-0.2, -0.15) is 0 Å². The third kappa shape index (κ3) is 14.1. The Balaban J connectivity index is 3.60.